The number of aryl methyl sites for hydroxylation is 1. The summed E-state index contributed by atoms with van der Waals surface area (Å²) in [5, 5.41) is 12.0. The second-order valence-corrected chi connectivity index (χ2v) is 6.00. The predicted molar refractivity (Wildman–Crippen MR) is 97.9 cm³/mol. The quantitative estimate of drug-likeness (QED) is 0.711. The summed E-state index contributed by atoms with van der Waals surface area (Å²) in [7, 11) is 0. The van der Waals surface area contributed by atoms with Gasteiger partial charge in [-0.2, -0.15) is 0 Å². The van der Waals surface area contributed by atoms with E-state index in [-0.39, 0.29) is 6.42 Å². The first kappa shape index (κ1) is 17.5. The highest BCUT2D eigenvalue weighted by atomic mass is 16.4. The maximum absolute atomic E-state index is 12.6. The molecule has 0 aliphatic heterocycles. The monoisotopic (exact) mass is 349 g/mol. The zero-order valence-electron chi connectivity index (χ0n) is 14.3. The van der Waals surface area contributed by atoms with E-state index in [9.17, 15) is 14.7 Å². The number of furan rings is 1. The van der Waals surface area contributed by atoms with Crippen molar-refractivity contribution in [2.45, 2.75) is 19.4 Å². The van der Waals surface area contributed by atoms with Crippen LogP contribution in [0.1, 0.15) is 21.7 Å². The lowest BCUT2D eigenvalue weighted by atomic mass is 10.1. The molecule has 2 aromatic carbocycles. The van der Waals surface area contributed by atoms with Gasteiger partial charge in [-0.1, -0.05) is 60.7 Å². The zero-order chi connectivity index (χ0) is 18.5. The van der Waals surface area contributed by atoms with Crippen LogP contribution in [0.5, 0.6) is 0 Å². The summed E-state index contributed by atoms with van der Waals surface area (Å²) >= 11 is 0. The standard InChI is InChI=1S/C21H19NO4/c1-14-17(13-19(26-14)16-10-6-3-7-11-16)20(23)22-18(21(24)25)12-15-8-4-2-5-9-15/h2-11,13,18H,12H2,1H3,(H,22,23)(H,24,25)/t18-/m0/s1. The Morgan fingerprint density at radius 2 is 1.65 bits per heavy atom. The van der Waals surface area contributed by atoms with Gasteiger partial charge in [-0.15, -0.1) is 0 Å². The van der Waals surface area contributed by atoms with Crippen molar-refractivity contribution in [1.29, 1.82) is 0 Å². The molecule has 26 heavy (non-hydrogen) atoms. The number of hydrogen-bond donors (Lipinski definition) is 2. The van der Waals surface area contributed by atoms with Gasteiger partial charge < -0.3 is 14.8 Å². The molecule has 5 heteroatoms. The molecule has 1 atom stereocenters. The van der Waals surface area contributed by atoms with Gasteiger partial charge in [0.1, 0.15) is 17.6 Å². The highest BCUT2D eigenvalue weighted by Crippen LogP contribution is 2.25. The minimum absolute atomic E-state index is 0.213. The molecular formula is C21H19NO4. The van der Waals surface area contributed by atoms with Crippen molar-refractivity contribution in [3.8, 4) is 11.3 Å². The van der Waals surface area contributed by atoms with E-state index in [0.29, 0.717) is 17.1 Å². The first-order valence-electron chi connectivity index (χ1n) is 8.28. The number of carboxylic acids is 1. The number of carbonyl (C=O) groups is 2. The van der Waals surface area contributed by atoms with Crippen LogP contribution in [0, 0.1) is 6.92 Å². The van der Waals surface area contributed by atoms with Crippen molar-refractivity contribution in [2.24, 2.45) is 0 Å². The average molecular weight is 349 g/mol. The second-order valence-electron chi connectivity index (χ2n) is 6.00. The molecule has 1 heterocycles. The van der Waals surface area contributed by atoms with Crippen LogP contribution in [-0.4, -0.2) is 23.0 Å². The lowest BCUT2D eigenvalue weighted by Crippen LogP contribution is -2.42. The molecule has 1 aromatic heterocycles. The van der Waals surface area contributed by atoms with Crippen LogP contribution in [0.3, 0.4) is 0 Å². The number of carbonyl (C=O) groups excluding carboxylic acids is 1. The van der Waals surface area contributed by atoms with Gasteiger partial charge in [0.15, 0.2) is 0 Å². The summed E-state index contributed by atoms with van der Waals surface area (Å²) in [5.41, 5.74) is 2.03. The summed E-state index contributed by atoms with van der Waals surface area (Å²) in [4.78, 5) is 24.1. The minimum atomic E-state index is -1.08. The Bertz CT molecular complexity index is 900. The van der Waals surface area contributed by atoms with E-state index in [1.807, 2.05) is 60.7 Å². The highest BCUT2D eigenvalue weighted by molar-refractivity contribution is 5.98. The molecule has 0 saturated heterocycles. The van der Waals surface area contributed by atoms with Gasteiger partial charge in [0.25, 0.3) is 5.91 Å². The number of hydrogen-bond acceptors (Lipinski definition) is 3. The van der Waals surface area contributed by atoms with Crippen molar-refractivity contribution in [3.05, 3.63) is 83.6 Å². The lowest BCUT2D eigenvalue weighted by molar-refractivity contribution is -0.139. The van der Waals surface area contributed by atoms with Gasteiger partial charge in [0.05, 0.1) is 5.56 Å². The van der Waals surface area contributed by atoms with E-state index in [0.717, 1.165) is 11.1 Å². The van der Waals surface area contributed by atoms with E-state index in [4.69, 9.17) is 4.42 Å². The molecule has 3 rings (SSSR count). The smallest absolute Gasteiger partial charge is 0.326 e. The SMILES string of the molecule is Cc1oc(-c2ccccc2)cc1C(=O)N[C@@H](Cc1ccccc1)C(=O)O. The predicted octanol–water partition coefficient (Wildman–Crippen LogP) is 3.68. The molecule has 1 amide bonds. The molecule has 5 nitrogen and oxygen atoms in total. The number of nitrogens with one attached hydrogen (secondary N) is 1. The van der Waals surface area contributed by atoms with E-state index >= 15 is 0 Å². The van der Waals surface area contributed by atoms with Crippen LogP contribution < -0.4 is 5.32 Å². The van der Waals surface area contributed by atoms with Gasteiger partial charge in [-0.3, -0.25) is 4.79 Å². The van der Waals surface area contributed by atoms with Crippen molar-refractivity contribution in [3.63, 3.8) is 0 Å². The van der Waals surface area contributed by atoms with E-state index in [1.165, 1.54) is 0 Å². The van der Waals surface area contributed by atoms with Gasteiger partial charge in [-0.05, 0) is 18.6 Å². The fraction of sp³-hybridized carbons (Fsp3) is 0.143. The van der Waals surface area contributed by atoms with Crippen molar-refractivity contribution in [1.82, 2.24) is 5.32 Å². The minimum Gasteiger partial charge on any atom is -0.480 e. The van der Waals surface area contributed by atoms with E-state index < -0.39 is 17.9 Å². The second kappa shape index (κ2) is 7.70. The van der Waals surface area contributed by atoms with Crippen molar-refractivity contribution in [2.75, 3.05) is 0 Å². The Labute approximate surface area is 151 Å². The first-order chi connectivity index (χ1) is 12.5. The molecule has 0 fully saturated rings. The van der Waals surface area contributed by atoms with Crippen LogP contribution in [0.15, 0.2) is 71.1 Å². The summed E-state index contributed by atoms with van der Waals surface area (Å²) < 4.78 is 5.67. The maximum Gasteiger partial charge on any atom is 0.326 e. The molecule has 0 unspecified atom stereocenters. The number of carboxylic acid groups (broad SMARTS) is 1. The molecule has 0 radical (unpaired) electrons. The van der Waals surface area contributed by atoms with Gasteiger partial charge in [0, 0.05) is 12.0 Å². The molecule has 2 N–H and O–H groups in total. The number of rotatable bonds is 6. The Hall–Kier alpha value is -3.34. The lowest BCUT2D eigenvalue weighted by Gasteiger charge is -2.14. The number of aliphatic carboxylic acids is 1. The molecular weight excluding hydrogens is 330 g/mol. The van der Waals surface area contributed by atoms with Crippen LogP contribution in [0.4, 0.5) is 0 Å². The van der Waals surface area contributed by atoms with Gasteiger partial charge in [0.2, 0.25) is 0 Å². The molecule has 3 aromatic rings. The van der Waals surface area contributed by atoms with E-state index in [1.54, 1.807) is 13.0 Å². The summed E-state index contributed by atoms with van der Waals surface area (Å²) in [5.74, 6) is -0.517. The Morgan fingerprint density at radius 1 is 1.04 bits per heavy atom. The Kier molecular flexibility index (Phi) is 5.17. The van der Waals surface area contributed by atoms with Crippen LogP contribution in [0.25, 0.3) is 11.3 Å². The highest BCUT2D eigenvalue weighted by Gasteiger charge is 2.23. The van der Waals surface area contributed by atoms with E-state index in [2.05, 4.69) is 5.32 Å². The summed E-state index contributed by atoms with van der Waals surface area (Å²) in [6.07, 6.45) is 0.213. The molecule has 0 aliphatic carbocycles. The van der Waals surface area contributed by atoms with Crippen LogP contribution in [0.2, 0.25) is 0 Å². The summed E-state index contributed by atoms with van der Waals surface area (Å²) in [6, 6.07) is 19.3. The number of amides is 1. The Morgan fingerprint density at radius 3 is 2.27 bits per heavy atom. The average Bonchev–Trinajstić information content (AvgIpc) is 3.04. The van der Waals surface area contributed by atoms with Crippen molar-refractivity contribution < 1.29 is 19.1 Å². The van der Waals surface area contributed by atoms with Crippen LogP contribution >= 0.6 is 0 Å². The Balaban J connectivity index is 1.78. The molecule has 132 valence electrons. The summed E-state index contributed by atoms with van der Waals surface area (Å²) in [6.45, 7) is 1.69. The largest absolute Gasteiger partial charge is 0.480 e. The maximum atomic E-state index is 12.6. The zero-order valence-corrected chi connectivity index (χ0v) is 14.3. The normalized spacial score (nSPS) is 11.7. The fourth-order valence-electron chi connectivity index (χ4n) is 2.74. The molecule has 0 saturated carbocycles. The van der Waals surface area contributed by atoms with Crippen LogP contribution in [-0.2, 0) is 11.2 Å². The third-order valence-electron chi connectivity index (χ3n) is 4.11. The first-order valence-corrected chi connectivity index (χ1v) is 8.28. The van der Waals surface area contributed by atoms with Crippen molar-refractivity contribution >= 4 is 11.9 Å². The van der Waals surface area contributed by atoms with Gasteiger partial charge in [-0.25, -0.2) is 4.79 Å². The third-order valence-corrected chi connectivity index (χ3v) is 4.11. The third kappa shape index (κ3) is 4.00. The molecule has 0 spiro atoms. The topological polar surface area (TPSA) is 79.5 Å². The van der Waals surface area contributed by atoms with Gasteiger partial charge >= 0.3 is 5.97 Å². The fourth-order valence-corrected chi connectivity index (χ4v) is 2.74. The molecule has 0 aliphatic rings. The molecule has 0 bridgehead atoms. The number of benzene rings is 2.